The van der Waals surface area contributed by atoms with Gasteiger partial charge in [-0.25, -0.2) is 4.68 Å². The van der Waals surface area contributed by atoms with Crippen LogP contribution in [0.2, 0.25) is 0 Å². The monoisotopic (exact) mass is 291 g/mol. The molecule has 0 saturated carbocycles. The van der Waals surface area contributed by atoms with Crippen LogP contribution in [-0.4, -0.2) is 33.1 Å². The number of carbonyl (C=O) groups is 1. The first-order valence-electron chi connectivity index (χ1n) is 6.17. The van der Waals surface area contributed by atoms with Gasteiger partial charge < -0.3 is 10.7 Å². The summed E-state index contributed by atoms with van der Waals surface area (Å²) in [6.07, 6.45) is 0. The number of nitrogens with two attached hydrogens (primary N) is 1. The Morgan fingerprint density at radius 1 is 1.35 bits per heavy atom. The highest BCUT2D eigenvalue weighted by molar-refractivity contribution is 8.00. The van der Waals surface area contributed by atoms with Crippen LogP contribution in [0.25, 0.3) is 0 Å². The predicted molar refractivity (Wildman–Crippen MR) is 80.1 cm³/mol. The molecule has 20 heavy (non-hydrogen) atoms. The number of amides is 1. The predicted octanol–water partition coefficient (Wildman–Crippen LogP) is 1.44. The zero-order valence-electron chi connectivity index (χ0n) is 11.6. The minimum atomic E-state index is -0.300. The van der Waals surface area contributed by atoms with Gasteiger partial charge in [0, 0.05) is 12.7 Å². The van der Waals surface area contributed by atoms with Crippen LogP contribution in [0, 0.1) is 6.92 Å². The summed E-state index contributed by atoms with van der Waals surface area (Å²) in [5.41, 5.74) is 0.857. The van der Waals surface area contributed by atoms with Gasteiger partial charge in [-0.3, -0.25) is 4.79 Å². The molecule has 1 aromatic carbocycles. The van der Waals surface area contributed by atoms with Crippen LogP contribution in [0.4, 0.5) is 5.69 Å². The molecule has 106 valence electrons. The smallest absolute Gasteiger partial charge is 0.240 e. The van der Waals surface area contributed by atoms with Gasteiger partial charge in [-0.1, -0.05) is 30.0 Å². The first-order chi connectivity index (χ1) is 9.50. The molecule has 0 unspecified atom stereocenters. The summed E-state index contributed by atoms with van der Waals surface area (Å²) in [4.78, 5) is 14.0. The molecular formula is C13H17N5OS. The average Bonchev–Trinajstić information content (AvgIpc) is 2.78. The van der Waals surface area contributed by atoms with Gasteiger partial charge in [0.05, 0.1) is 5.25 Å². The van der Waals surface area contributed by atoms with E-state index in [1.165, 1.54) is 16.4 Å². The first-order valence-corrected chi connectivity index (χ1v) is 7.05. The zero-order chi connectivity index (χ0) is 14.7. The molecule has 1 heterocycles. The highest BCUT2D eigenvalue weighted by atomic mass is 32.2. The standard InChI is InChI=1S/C13H17N5OS/c1-9(20-13-16-15-10(2)18(13)14)12(19)17(3)11-7-5-4-6-8-11/h4-9H,14H2,1-3H3/t9-/m0/s1. The number of nitrogen functional groups attached to an aromatic ring is 1. The normalized spacial score (nSPS) is 12.2. The quantitative estimate of drug-likeness (QED) is 0.681. The molecule has 0 saturated heterocycles. The lowest BCUT2D eigenvalue weighted by Crippen LogP contribution is -2.33. The van der Waals surface area contributed by atoms with Gasteiger partial charge in [0.25, 0.3) is 0 Å². The Bertz CT molecular complexity index is 598. The van der Waals surface area contributed by atoms with E-state index in [-0.39, 0.29) is 11.2 Å². The van der Waals surface area contributed by atoms with Gasteiger partial charge >= 0.3 is 0 Å². The number of aryl methyl sites for hydroxylation is 1. The number of hydrogen-bond donors (Lipinski definition) is 1. The third-order valence-electron chi connectivity index (χ3n) is 2.94. The van der Waals surface area contributed by atoms with Crippen molar-refractivity contribution in [1.29, 1.82) is 0 Å². The molecule has 0 aliphatic heterocycles. The molecule has 2 aromatic rings. The summed E-state index contributed by atoms with van der Waals surface area (Å²) in [7, 11) is 1.76. The van der Waals surface area contributed by atoms with E-state index in [1.807, 2.05) is 37.3 Å². The summed E-state index contributed by atoms with van der Waals surface area (Å²) in [6.45, 7) is 3.59. The fourth-order valence-electron chi connectivity index (χ4n) is 1.69. The lowest BCUT2D eigenvalue weighted by Gasteiger charge is -2.20. The number of benzene rings is 1. The molecule has 0 aliphatic rings. The maximum absolute atomic E-state index is 12.4. The second-order valence-corrected chi connectivity index (χ2v) is 5.70. The van der Waals surface area contributed by atoms with Crippen molar-refractivity contribution in [2.45, 2.75) is 24.3 Å². The van der Waals surface area contributed by atoms with Crippen molar-refractivity contribution in [3.8, 4) is 0 Å². The van der Waals surface area contributed by atoms with E-state index in [0.717, 1.165) is 5.69 Å². The SMILES string of the molecule is Cc1nnc(S[C@@H](C)C(=O)N(C)c2ccccc2)n1N. The summed E-state index contributed by atoms with van der Waals surface area (Å²) >= 11 is 1.30. The molecule has 2 rings (SSSR count). The van der Waals surface area contributed by atoms with Gasteiger partial charge in [-0.15, -0.1) is 10.2 Å². The van der Waals surface area contributed by atoms with Crippen molar-refractivity contribution in [3.05, 3.63) is 36.2 Å². The number of hydrogen-bond acceptors (Lipinski definition) is 5. The minimum absolute atomic E-state index is 0.0122. The summed E-state index contributed by atoms with van der Waals surface area (Å²) in [5.74, 6) is 6.39. The van der Waals surface area contributed by atoms with E-state index in [1.54, 1.807) is 18.9 Å². The molecule has 7 heteroatoms. The maximum atomic E-state index is 12.4. The first kappa shape index (κ1) is 14.4. The largest absolute Gasteiger partial charge is 0.336 e. The molecular weight excluding hydrogens is 274 g/mol. The molecule has 1 amide bonds. The van der Waals surface area contributed by atoms with E-state index in [4.69, 9.17) is 5.84 Å². The van der Waals surface area contributed by atoms with Gasteiger partial charge in [0.2, 0.25) is 11.1 Å². The number of rotatable bonds is 4. The second-order valence-electron chi connectivity index (χ2n) is 4.39. The third kappa shape index (κ3) is 2.93. The summed E-state index contributed by atoms with van der Waals surface area (Å²) in [5, 5.41) is 8.06. The lowest BCUT2D eigenvalue weighted by atomic mass is 10.3. The van der Waals surface area contributed by atoms with E-state index >= 15 is 0 Å². The van der Waals surface area contributed by atoms with Crippen LogP contribution < -0.4 is 10.7 Å². The molecule has 0 fully saturated rings. The average molecular weight is 291 g/mol. The van der Waals surface area contributed by atoms with Crippen molar-refractivity contribution in [3.63, 3.8) is 0 Å². The molecule has 0 spiro atoms. The molecule has 2 N–H and O–H groups in total. The van der Waals surface area contributed by atoms with E-state index in [0.29, 0.717) is 11.0 Å². The van der Waals surface area contributed by atoms with Crippen molar-refractivity contribution in [2.75, 3.05) is 17.8 Å². The van der Waals surface area contributed by atoms with Crippen LogP contribution in [0.15, 0.2) is 35.5 Å². The third-order valence-corrected chi connectivity index (χ3v) is 3.98. The summed E-state index contributed by atoms with van der Waals surface area (Å²) in [6, 6.07) is 9.50. The highest BCUT2D eigenvalue weighted by Crippen LogP contribution is 2.23. The van der Waals surface area contributed by atoms with E-state index in [2.05, 4.69) is 10.2 Å². The Labute approximate surface area is 121 Å². The van der Waals surface area contributed by atoms with Crippen LogP contribution in [0.3, 0.4) is 0 Å². The van der Waals surface area contributed by atoms with Crippen molar-refractivity contribution >= 4 is 23.4 Å². The lowest BCUT2D eigenvalue weighted by molar-refractivity contribution is -0.117. The fourth-order valence-corrected chi connectivity index (χ4v) is 2.60. The van der Waals surface area contributed by atoms with Crippen molar-refractivity contribution in [2.24, 2.45) is 0 Å². The number of anilines is 1. The van der Waals surface area contributed by atoms with Crippen molar-refractivity contribution < 1.29 is 4.79 Å². The number of thioether (sulfide) groups is 1. The van der Waals surface area contributed by atoms with Gasteiger partial charge in [0.15, 0.2) is 0 Å². The Balaban J connectivity index is 2.07. The zero-order valence-corrected chi connectivity index (χ0v) is 12.5. The van der Waals surface area contributed by atoms with Crippen molar-refractivity contribution in [1.82, 2.24) is 14.9 Å². The molecule has 0 radical (unpaired) electrons. The van der Waals surface area contributed by atoms with Gasteiger partial charge in [-0.05, 0) is 26.0 Å². The molecule has 0 aliphatic carbocycles. The van der Waals surface area contributed by atoms with Crippen LogP contribution >= 0.6 is 11.8 Å². The van der Waals surface area contributed by atoms with Crippen LogP contribution in [0.1, 0.15) is 12.7 Å². The maximum Gasteiger partial charge on any atom is 0.240 e. The fraction of sp³-hybridized carbons (Fsp3) is 0.308. The molecule has 6 nitrogen and oxygen atoms in total. The van der Waals surface area contributed by atoms with Gasteiger partial charge in [0.1, 0.15) is 5.82 Å². The number of carbonyl (C=O) groups excluding carboxylic acids is 1. The Morgan fingerprint density at radius 3 is 2.55 bits per heavy atom. The van der Waals surface area contributed by atoms with Crippen LogP contribution in [-0.2, 0) is 4.79 Å². The van der Waals surface area contributed by atoms with Crippen LogP contribution in [0.5, 0.6) is 0 Å². The number of aromatic nitrogens is 3. The van der Waals surface area contributed by atoms with E-state index in [9.17, 15) is 4.79 Å². The Hall–Kier alpha value is -2.02. The highest BCUT2D eigenvalue weighted by Gasteiger charge is 2.22. The van der Waals surface area contributed by atoms with E-state index < -0.39 is 0 Å². The molecule has 1 atom stereocenters. The van der Waals surface area contributed by atoms with Gasteiger partial charge in [-0.2, -0.15) is 0 Å². The number of nitrogens with zero attached hydrogens (tertiary/aromatic N) is 4. The topological polar surface area (TPSA) is 77.0 Å². The Kier molecular flexibility index (Phi) is 4.29. The second kappa shape index (κ2) is 5.96. The minimum Gasteiger partial charge on any atom is -0.336 e. The number of para-hydroxylation sites is 1. The molecule has 1 aromatic heterocycles. The Morgan fingerprint density at radius 2 is 2.00 bits per heavy atom. The summed E-state index contributed by atoms with van der Waals surface area (Å²) < 4.78 is 1.39. The molecule has 0 bridgehead atoms.